The average Bonchev–Trinajstić information content (AvgIpc) is 2.95. The van der Waals surface area contributed by atoms with E-state index in [1.54, 1.807) is 6.92 Å². The van der Waals surface area contributed by atoms with Crippen LogP contribution in [-0.4, -0.2) is 40.2 Å². The minimum atomic E-state index is -0.555. The van der Waals surface area contributed by atoms with E-state index in [0.717, 1.165) is 12.1 Å². The van der Waals surface area contributed by atoms with Crippen LogP contribution in [0.1, 0.15) is 29.8 Å². The fourth-order valence-electron chi connectivity index (χ4n) is 2.96. The third-order valence-electron chi connectivity index (χ3n) is 4.09. The fraction of sp³-hybridized carbons (Fsp3) is 0.333. The highest BCUT2D eigenvalue weighted by Crippen LogP contribution is 2.32. The molecular weight excluding hydrogens is 352 g/mol. The van der Waals surface area contributed by atoms with E-state index in [1.807, 2.05) is 36.1 Å². The van der Waals surface area contributed by atoms with Crippen LogP contribution in [0.5, 0.6) is 0 Å². The van der Waals surface area contributed by atoms with Gasteiger partial charge in [-0.3, -0.25) is 4.79 Å². The molecule has 2 N–H and O–H groups in total. The minimum absolute atomic E-state index is 0.0101. The summed E-state index contributed by atoms with van der Waals surface area (Å²) in [5.74, 6) is -0.325. The Morgan fingerprint density at radius 2 is 2.15 bits per heavy atom. The topological polar surface area (TPSA) is 98.4 Å². The molecule has 3 rings (SSSR count). The zero-order valence-electron chi connectivity index (χ0n) is 14.6. The van der Waals surface area contributed by atoms with E-state index in [4.69, 9.17) is 10.5 Å². The summed E-state index contributed by atoms with van der Waals surface area (Å²) in [7, 11) is 0. The molecule has 2 heterocycles. The number of hydrogen-bond donors (Lipinski definition) is 1. The number of para-hydroxylation sites is 1. The van der Waals surface area contributed by atoms with Crippen LogP contribution in [0.3, 0.4) is 0 Å². The first-order valence-electron chi connectivity index (χ1n) is 8.33. The molecule has 136 valence electrons. The summed E-state index contributed by atoms with van der Waals surface area (Å²) in [5.41, 5.74) is 8.08. The van der Waals surface area contributed by atoms with Gasteiger partial charge in [-0.1, -0.05) is 30.0 Å². The van der Waals surface area contributed by atoms with E-state index in [0.29, 0.717) is 5.16 Å². The second-order valence-corrected chi connectivity index (χ2v) is 6.85. The number of benzene rings is 1. The van der Waals surface area contributed by atoms with Gasteiger partial charge in [0.2, 0.25) is 5.91 Å². The first-order chi connectivity index (χ1) is 12.5. The van der Waals surface area contributed by atoms with Crippen molar-refractivity contribution >= 4 is 35.1 Å². The van der Waals surface area contributed by atoms with Gasteiger partial charge in [-0.25, -0.2) is 14.8 Å². The molecule has 2 aromatic rings. The number of amides is 1. The van der Waals surface area contributed by atoms with Crippen molar-refractivity contribution in [2.45, 2.75) is 31.5 Å². The Hall–Kier alpha value is -2.61. The molecule has 8 heteroatoms. The maximum Gasteiger partial charge on any atom is 0.343 e. The highest BCUT2D eigenvalue weighted by molar-refractivity contribution is 7.99. The van der Waals surface area contributed by atoms with E-state index < -0.39 is 5.97 Å². The molecule has 26 heavy (non-hydrogen) atoms. The quantitative estimate of drug-likeness (QED) is 0.488. The smallest absolute Gasteiger partial charge is 0.343 e. The summed E-state index contributed by atoms with van der Waals surface area (Å²) in [5, 5.41) is 0.351. The Balaban J connectivity index is 1.67. The van der Waals surface area contributed by atoms with Crippen molar-refractivity contribution in [3.05, 3.63) is 41.6 Å². The van der Waals surface area contributed by atoms with Crippen LogP contribution < -0.4 is 10.6 Å². The van der Waals surface area contributed by atoms with E-state index in [-0.39, 0.29) is 35.7 Å². The SMILES string of the molecule is CCOC(=O)c1cnc(SCC(=O)N2c3ccccc3C[C@@H]2C)nc1N. The number of nitrogen functional groups attached to an aromatic ring is 1. The number of rotatable bonds is 5. The number of carbonyl (C=O) groups excluding carboxylic acids is 2. The number of ether oxygens (including phenoxy) is 1. The number of carbonyl (C=O) groups is 2. The molecule has 1 aromatic heterocycles. The Morgan fingerprint density at radius 1 is 1.38 bits per heavy atom. The van der Waals surface area contributed by atoms with Gasteiger partial charge in [0.05, 0.1) is 12.4 Å². The predicted octanol–water partition coefficient (Wildman–Crippen LogP) is 2.31. The molecule has 1 aliphatic heterocycles. The van der Waals surface area contributed by atoms with Gasteiger partial charge >= 0.3 is 5.97 Å². The lowest BCUT2D eigenvalue weighted by molar-refractivity contribution is -0.116. The van der Waals surface area contributed by atoms with Gasteiger partial charge in [0, 0.05) is 17.9 Å². The highest BCUT2D eigenvalue weighted by Gasteiger charge is 2.30. The van der Waals surface area contributed by atoms with Crippen molar-refractivity contribution in [3.63, 3.8) is 0 Å². The summed E-state index contributed by atoms with van der Waals surface area (Å²) in [6.07, 6.45) is 2.19. The number of aromatic nitrogens is 2. The van der Waals surface area contributed by atoms with Crippen LogP contribution in [0, 0.1) is 0 Å². The lowest BCUT2D eigenvalue weighted by atomic mass is 10.1. The first-order valence-corrected chi connectivity index (χ1v) is 9.32. The molecule has 0 saturated heterocycles. The Bertz CT molecular complexity index is 843. The van der Waals surface area contributed by atoms with Gasteiger partial charge in [0.25, 0.3) is 0 Å². The van der Waals surface area contributed by atoms with Gasteiger partial charge < -0.3 is 15.4 Å². The van der Waals surface area contributed by atoms with Crippen molar-refractivity contribution in [1.82, 2.24) is 9.97 Å². The summed E-state index contributed by atoms with van der Waals surface area (Å²) in [6.45, 7) is 3.99. The van der Waals surface area contributed by atoms with Crippen LogP contribution in [-0.2, 0) is 16.0 Å². The summed E-state index contributed by atoms with van der Waals surface area (Å²) >= 11 is 1.19. The van der Waals surface area contributed by atoms with Crippen molar-refractivity contribution < 1.29 is 14.3 Å². The summed E-state index contributed by atoms with van der Waals surface area (Å²) in [6, 6.07) is 8.05. The van der Waals surface area contributed by atoms with Gasteiger partial charge in [0.15, 0.2) is 5.16 Å². The molecule has 0 bridgehead atoms. The van der Waals surface area contributed by atoms with Crippen molar-refractivity contribution in [1.29, 1.82) is 0 Å². The van der Waals surface area contributed by atoms with Crippen molar-refractivity contribution in [2.24, 2.45) is 0 Å². The molecule has 0 spiro atoms. The maximum atomic E-state index is 12.7. The maximum absolute atomic E-state index is 12.7. The molecule has 0 radical (unpaired) electrons. The van der Waals surface area contributed by atoms with Gasteiger partial charge in [-0.05, 0) is 31.9 Å². The monoisotopic (exact) mass is 372 g/mol. The van der Waals surface area contributed by atoms with E-state index >= 15 is 0 Å². The first kappa shape index (κ1) is 18.2. The molecule has 0 unspecified atom stereocenters. The molecule has 1 atom stereocenters. The highest BCUT2D eigenvalue weighted by atomic mass is 32.2. The second-order valence-electron chi connectivity index (χ2n) is 5.91. The van der Waals surface area contributed by atoms with E-state index in [1.165, 1.54) is 23.5 Å². The van der Waals surface area contributed by atoms with Gasteiger partial charge in [-0.2, -0.15) is 0 Å². The third kappa shape index (κ3) is 3.65. The lowest BCUT2D eigenvalue weighted by Crippen LogP contribution is -2.37. The standard InChI is InChI=1S/C18H20N4O3S/c1-3-25-17(24)13-9-20-18(21-16(13)19)26-10-15(23)22-11(2)8-12-6-4-5-7-14(12)22/h4-7,9,11H,3,8,10H2,1-2H3,(H2,19,20,21)/t11-/m0/s1. The lowest BCUT2D eigenvalue weighted by Gasteiger charge is -2.22. The van der Waals surface area contributed by atoms with Crippen LogP contribution >= 0.6 is 11.8 Å². The largest absolute Gasteiger partial charge is 0.462 e. The van der Waals surface area contributed by atoms with E-state index in [9.17, 15) is 9.59 Å². The van der Waals surface area contributed by atoms with Crippen LogP contribution in [0.15, 0.2) is 35.6 Å². The van der Waals surface area contributed by atoms with Crippen molar-refractivity contribution in [2.75, 3.05) is 23.0 Å². The zero-order chi connectivity index (χ0) is 18.7. The molecule has 0 fully saturated rings. The Labute approximate surface area is 156 Å². The second kappa shape index (κ2) is 7.74. The Morgan fingerprint density at radius 3 is 2.88 bits per heavy atom. The summed E-state index contributed by atoms with van der Waals surface area (Å²) in [4.78, 5) is 34.4. The molecule has 0 aliphatic carbocycles. The van der Waals surface area contributed by atoms with Gasteiger partial charge in [0.1, 0.15) is 11.4 Å². The molecule has 7 nitrogen and oxygen atoms in total. The molecule has 0 saturated carbocycles. The predicted molar refractivity (Wildman–Crippen MR) is 100 cm³/mol. The summed E-state index contributed by atoms with van der Waals surface area (Å²) < 4.78 is 4.89. The molecule has 1 aliphatic rings. The number of anilines is 2. The molecule has 1 aromatic carbocycles. The average molecular weight is 372 g/mol. The van der Waals surface area contributed by atoms with Gasteiger partial charge in [-0.15, -0.1) is 0 Å². The van der Waals surface area contributed by atoms with Crippen LogP contribution in [0.2, 0.25) is 0 Å². The number of hydrogen-bond acceptors (Lipinski definition) is 7. The third-order valence-corrected chi connectivity index (χ3v) is 4.94. The van der Waals surface area contributed by atoms with Crippen molar-refractivity contribution in [3.8, 4) is 0 Å². The number of nitrogens with zero attached hydrogens (tertiary/aromatic N) is 3. The minimum Gasteiger partial charge on any atom is -0.462 e. The fourth-order valence-corrected chi connectivity index (χ4v) is 3.64. The number of nitrogens with two attached hydrogens (primary N) is 1. The molecular formula is C18H20N4O3S. The molecule has 1 amide bonds. The number of thioether (sulfide) groups is 1. The normalized spacial score (nSPS) is 15.6. The Kier molecular flexibility index (Phi) is 5.41. The van der Waals surface area contributed by atoms with Crippen LogP contribution in [0.4, 0.5) is 11.5 Å². The number of fused-ring (bicyclic) bond motifs is 1. The van der Waals surface area contributed by atoms with E-state index in [2.05, 4.69) is 9.97 Å². The van der Waals surface area contributed by atoms with Crippen LogP contribution in [0.25, 0.3) is 0 Å². The number of esters is 1. The zero-order valence-corrected chi connectivity index (χ0v) is 15.5.